The molecule has 0 unspecified atom stereocenters. The molecule has 0 spiro atoms. The van der Waals surface area contributed by atoms with E-state index in [2.05, 4.69) is 10.6 Å². The summed E-state index contributed by atoms with van der Waals surface area (Å²) in [6, 6.07) is 16.2. The maximum absolute atomic E-state index is 12.2. The van der Waals surface area contributed by atoms with Gasteiger partial charge in [0.1, 0.15) is 11.5 Å². The highest BCUT2D eigenvalue weighted by Crippen LogP contribution is 2.18. The molecule has 3 rings (SSSR count). The van der Waals surface area contributed by atoms with E-state index < -0.39 is 11.8 Å². The van der Waals surface area contributed by atoms with E-state index in [1.54, 1.807) is 36.3 Å². The van der Waals surface area contributed by atoms with Gasteiger partial charge in [-0.2, -0.15) is 0 Å². The normalized spacial score (nSPS) is 13.9. The van der Waals surface area contributed by atoms with Crippen molar-refractivity contribution in [3.05, 3.63) is 60.2 Å². The summed E-state index contributed by atoms with van der Waals surface area (Å²) in [5.41, 5.74) is 0.872. The van der Waals surface area contributed by atoms with Crippen molar-refractivity contribution in [3.63, 3.8) is 0 Å². The molecule has 1 saturated heterocycles. The van der Waals surface area contributed by atoms with Crippen molar-refractivity contribution in [2.24, 2.45) is 5.92 Å². The van der Waals surface area contributed by atoms with E-state index in [0.29, 0.717) is 25.4 Å². The van der Waals surface area contributed by atoms with Gasteiger partial charge in [0.25, 0.3) is 0 Å². The van der Waals surface area contributed by atoms with Gasteiger partial charge < -0.3 is 25.0 Å². The molecule has 2 aromatic carbocycles. The quantitative estimate of drug-likeness (QED) is 0.693. The lowest BCUT2D eigenvalue weighted by Crippen LogP contribution is -2.45. The number of carbonyl (C=O) groups excluding carboxylic acids is 3. The third kappa shape index (κ3) is 6.74. The monoisotopic (exact) mass is 425 g/mol. The zero-order chi connectivity index (χ0) is 22.1. The molecule has 8 heteroatoms. The van der Waals surface area contributed by atoms with Gasteiger partial charge in [-0.15, -0.1) is 0 Å². The van der Waals surface area contributed by atoms with Crippen molar-refractivity contribution in [1.29, 1.82) is 0 Å². The fourth-order valence-electron chi connectivity index (χ4n) is 3.30. The molecule has 0 radical (unpaired) electrons. The number of carbonyl (C=O) groups is 3. The maximum Gasteiger partial charge on any atom is 0.415 e. The first-order valence-electron chi connectivity index (χ1n) is 10.3. The number of amides is 3. The summed E-state index contributed by atoms with van der Waals surface area (Å²) < 4.78 is 10.4. The molecule has 0 atom stereocenters. The minimum atomic E-state index is -0.667. The van der Waals surface area contributed by atoms with E-state index in [1.165, 1.54) is 0 Å². The van der Waals surface area contributed by atoms with Crippen LogP contribution in [0.2, 0.25) is 0 Å². The van der Waals surface area contributed by atoms with Crippen LogP contribution in [0.25, 0.3) is 0 Å². The Balaban J connectivity index is 1.34. The number of likely N-dealkylation sites (tertiary alicyclic amines) is 1. The molecular formula is C23H27N3O5. The molecule has 1 fully saturated rings. The molecule has 0 saturated carbocycles. The number of hydrogen-bond acceptors (Lipinski definition) is 5. The summed E-state index contributed by atoms with van der Waals surface area (Å²) in [6.45, 7) is 1.76. The summed E-state index contributed by atoms with van der Waals surface area (Å²) in [5.74, 6) is 0.132. The third-order valence-electron chi connectivity index (χ3n) is 5.19. The Morgan fingerprint density at radius 3 is 2.19 bits per heavy atom. The zero-order valence-corrected chi connectivity index (χ0v) is 17.5. The van der Waals surface area contributed by atoms with Crippen LogP contribution in [0, 0.1) is 5.92 Å². The van der Waals surface area contributed by atoms with Crippen LogP contribution in [0.4, 0.5) is 4.79 Å². The van der Waals surface area contributed by atoms with Crippen LogP contribution < -0.4 is 20.1 Å². The summed E-state index contributed by atoms with van der Waals surface area (Å²) in [4.78, 5) is 38.0. The summed E-state index contributed by atoms with van der Waals surface area (Å²) >= 11 is 0. The van der Waals surface area contributed by atoms with Crippen molar-refractivity contribution in [2.75, 3.05) is 26.7 Å². The van der Waals surface area contributed by atoms with Crippen molar-refractivity contribution in [2.45, 2.75) is 19.4 Å². The van der Waals surface area contributed by atoms with E-state index in [-0.39, 0.29) is 18.6 Å². The molecule has 2 aromatic rings. The molecular weight excluding hydrogens is 398 g/mol. The fraction of sp³-hybridized carbons (Fsp3) is 0.348. The van der Waals surface area contributed by atoms with E-state index in [4.69, 9.17) is 9.47 Å². The number of hydrogen-bond donors (Lipinski definition) is 2. The van der Waals surface area contributed by atoms with Gasteiger partial charge in [0.2, 0.25) is 0 Å². The van der Waals surface area contributed by atoms with Crippen molar-refractivity contribution >= 4 is 17.9 Å². The standard InChI is InChI=1S/C23H27N3O5/c1-30-19-9-7-17(8-10-19)15-24-21(27)22(28)25-16-18-11-13-26(14-12-18)23(29)31-20-5-3-2-4-6-20/h2-10,18H,11-16H2,1H3,(H,24,27)(H,25,28). The minimum absolute atomic E-state index is 0.208. The number of nitrogens with one attached hydrogen (secondary N) is 2. The molecule has 3 amide bonds. The van der Waals surface area contributed by atoms with Crippen LogP contribution in [-0.4, -0.2) is 49.6 Å². The van der Waals surface area contributed by atoms with Gasteiger partial charge in [0.15, 0.2) is 0 Å². The zero-order valence-electron chi connectivity index (χ0n) is 17.5. The fourth-order valence-corrected chi connectivity index (χ4v) is 3.30. The van der Waals surface area contributed by atoms with Gasteiger partial charge in [-0.1, -0.05) is 30.3 Å². The van der Waals surface area contributed by atoms with Gasteiger partial charge in [-0.3, -0.25) is 9.59 Å². The first kappa shape index (κ1) is 22.1. The van der Waals surface area contributed by atoms with E-state index in [9.17, 15) is 14.4 Å². The van der Waals surface area contributed by atoms with E-state index in [1.807, 2.05) is 30.3 Å². The molecule has 8 nitrogen and oxygen atoms in total. The highest BCUT2D eigenvalue weighted by molar-refractivity contribution is 6.35. The Hall–Kier alpha value is -3.55. The largest absolute Gasteiger partial charge is 0.497 e. The van der Waals surface area contributed by atoms with Gasteiger partial charge in [0, 0.05) is 26.2 Å². The first-order valence-corrected chi connectivity index (χ1v) is 10.3. The Bertz CT molecular complexity index is 878. The van der Waals surface area contributed by atoms with Gasteiger partial charge >= 0.3 is 17.9 Å². The molecule has 1 aliphatic rings. The van der Waals surface area contributed by atoms with Gasteiger partial charge in [-0.25, -0.2) is 4.79 Å². The predicted molar refractivity (Wildman–Crippen MR) is 115 cm³/mol. The van der Waals surface area contributed by atoms with Crippen molar-refractivity contribution in [3.8, 4) is 11.5 Å². The Morgan fingerprint density at radius 2 is 1.55 bits per heavy atom. The van der Waals surface area contributed by atoms with Crippen LogP contribution in [-0.2, 0) is 16.1 Å². The number of para-hydroxylation sites is 1. The van der Waals surface area contributed by atoms with E-state index >= 15 is 0 Å². The molecule has 1 heterocycles. The highest BCUT2D eigenvalue weighted by Gasteiger charge is 2.25. The number of piperidine rings is 1. The predicted octanol–water partition coefficient (Wildman–Crippen LogP) is 2.34. The molecule has 164 valence electrons. The first-order chi connectivity index (χ1) is 15.0. The molecule has 0 aliphatic carbocycles. The summed E-state index contributed by atoms with van der Waals surface area (Å²) in [6.07, 6.45) is 1.10. The number of nitrogens with zero attached hydrogens (tertiary/aromatic N) is 1. The lowest BCUT2D eigenvalue weighted by atomic mass is 9.97. The van der Waals surface area contributed by atoms with Crippen LogP contribution in [0.5, 0.6) is 11.5 Å². The second kappa shape index (κ2) is 11.0. The topological polar surface area (TPSA) is 97.0 Å². The molecule has 0 bridgehead atoms. The average molecular weight is 425 g/mol. The summed E-state index contributed by atoms with van der Waals surface area (Å²) in [5, 5.41) is 5.29. The van der Waals surface area contributed by atoms with Crippen LogP contribution in [0.1, 0.15) is 18.4 Å². The number of benzene rings is 2. The maximum atomic E-state index is 12.2. The number of rotatable bonds is 6. The SMILES string of the molecule is COc1ccc(CNC(=O)C(=O)NCC2CCN(C(=O)Oc3ccccc3)CC2)cc1. The van der Waals surface area contributed by atoms with Crippen molar-refractivity contribution < 1.29 is 23.9 Å². The smallest absolute Gasteiger partial charge is 0.415 e. The number of methoxy groups -OCH3 is 1. The third-order valence-corrected chi connectivity index (χ3v) is 5.19. The molecule has 0 aromatic heterocycles. The minimum Gasteiger partial charge on any atom is -0.497 e. The highest BCUT2D eigenvalue weighted by atomic mass is 16.6. The second-order valence-electron chi connectivity index (χ2n) is 7.35. The van der Waals surface area contributed by atoms with Crippen molar-refractivity contribution in [1.82, 2.24) is 15.5 Å². The Labute approximate surface area is 181 Å². The molecule has 31 heavy (non-hydrogen) atoms. The van der Waals surface area contributed by atoms with E-state index in [0.717, 1.165) is 24.2 Å². The average Bonchev–Trinajstić information content (AvgIpc) is 2.82. The lowest BCUT2D eigenvalue weighted by Gasteiger charge is -2.31. The summed E-state index contributed by atoms with van der Waals surface area (Å²) in [7, 11) is 1.58. The Morgan fingerprint density at radius 1 is 0.903 bits per heavy atom. The van der Waals surface area contributed by atoms with Gasteiger partial charge in [0.05, 0.1) is 7.11 Å². The molecule has 1 aliphatic heterocycles. The van der Waals surface area contributed by atoms with Crippen LogP contribution in [0.15, 0.2) is 54.6 Å². The van der Waals surface area contributed by atoms with Crippen LogP contribution >= 0.6 is 0 Å². The second-order valence-corrected chi connectivity index (χ2v) is 7.35. The lowest BCUT2D eigenvalue weighted by molar-refractivity contribution is -0.139. The Kier molecular flexibility index (Phi) is 7.86. The van der Waals surface area contributed by atoms with Gasteiger partial charge in [-0.05, 0) is 48.6 Å². The van der Waals surface area contributed by atoms with Crippen LogP contribution in [0.3, 0.4) is 0 Å². The molecule has 2 N–H and O–H groups in total. The number of ether oxygens (including phenoxy) is 2.